The maximum atomic E-state index is 10.9. The molecule has 1 fully saturated rings. The minimum atomic E-state index is -0.455. The fraction of sp³-hybridized carbons (Fsp3) is 0.538. The highest BCUT2D eigenvalue weighted by Crippen LogP contribution is 2.34. The second-order valence-electron chi connectivity index (χ2n) is 5.35. The van der Waals surface area contributed by atoms with E-state index in [0.717, 1.165) is 30.8 Å². The van der Waals surface area contributed by atoms with E-state index in [-0.39, 0.29) is 16.8 Å². The molecule has 0 radical (unpaired) electrons. The number of benzene rings is 1. The zero-order chi connectivity index (χ0) is 14.2. The third-order valence-corrected chi connectivity index (χ3v) is 3.80. The third kappa shape index (κ3) is 2.98. The monoisotopic (exact) mass is 283 g/mol. The molecule has 6 heteroatoms. The first-order valence-electron chi connectivity index (χ1n) is 6.33. The van der Waals surface area contributed by atoms with Gasteiger partial charge in [0.05, 0.1) is 4.92 Å². The molecular weight excluding hydrogens is 266 g/mol. The first-order valence-corrected chi connectivity index (χ1v) is 6.71. The van der Waals surface area contributed by atoms with Crippen molar-refractivity contribution in [2.24, 2.45) is 11.7 Å². The minimum Gasteiger partial charge on any atom is -0.369 e. The predicted molar refractivity (Wildman–Crippen MR) is 76.8 cm³/mol. The first-order chi connectivity index (χ1) is 8.88. The zero-order valence-corrected chi connectivity index (χ0v) is 11.9. The van der Waals surface area contributed by atoms with Gasteiger partial charge in [0, 0.05) is 30.9 Å². The van der Waals surface area contributed by atoms with Crippen molar-refractivity contribution >= 4 is 23.0 Å². The van der Waals surface area contributed by atoms with Gasteiger partial charge in [-0.05, 0) is 30.9 Å². The van der Waals surface area contributed by atoms with E-state index in [1.165, 1.54) is 6.07 Å². The van der Waals surface area contributed by atoms with Gasteiger partial charge in [0.25, 0.3) is 5.69 Å². The van der Waals surface area contributed by atoms with E-state index in [1.807, 2.05) is 6.92 Å². The van der Waals surface area contributed by atoms with Gasteiger partial charge in [-0.25, -0.2) is 0 Å². The van der Waals surface area contributed by atoms with Crippen LogP contribution in [0.5, 0.6) is 0 Å². The third-order valence-electron chi connectivity index (χ3n) is 3.49. The topological polar surface area (TPSA) is 72.4 Å². The summed E-state index contributed by atoms with van der Waals surface area (Å²) >= 11 is 5.99. The maximum absolute atomic E-state index is 10.9. The molecule has 1 aromatic rings. The highest BCUT2D eigenvalue weighted by atomic mass is 35.5. The molecule has 2 unspecified atom stereocenters. The number of piperidine rings is 1. The fourth-order valence-corrected chi connectivity index (χ4v) is 2.96. The summed E-state index contributed by atoms with van der Waals surface area (Å²) in [6, 6.07) is 3.35. The molecule has 1 heterocycles. The van der Waals surface area contributed by atoms with E-state index >= 15 is 0 Å². The zero-order valence-electron chi connectivity index (χ0n) is 11.1. The Morgan fingerprint density at radius 3 is 2.74 bits per heavy atom. The average molecular weight is 284 g/mol. The van der Waals surface area contributed by atoms with E-state index in [2.05, 4.69) is 11.8 Å². The number of nitro benzene ring substituents is 1. The Balaban J connectivity index is 2.35. The molecule has 1 saturated heterocycles. The van der Waals surface area contributed by atoms with Gasteiger partial charge in [0.2, 0.25) is 0 Å². The molecular formula is C13H18ClN3O2. The molecule has 0 amide bonds. The Morgan fingerprint density at radius 2 is 2.16 bits per heavy atom. The molecule has 104 valence electrons. The van der Waals surface area contributed by atoms with Gasteiger partial charge < -0.3 is 10.6 Å². The Kier molecular flexibility index (Phi) is 3.96. The van der Waals surface area contributed by atoms with E-state index in [4.69, 9.17) is 17.3 Å². The number of nitro groups is 1. The van der Waals surface area contributed by atoms with Crippen molar-refractivity contribution in [3.8, 4) is 0 Å². The van der Waals surface area contributed by atoms with Crippen LogP contribution in [-0.2, 0) is 0 Å². The second kappa shape index (κ2) is 5.35. The Morgan fingerprint density at radius 1 is 1.47 bits per heavy atom. The van der Waals surface area contributed by atoms with Crippen molar-refractivity contribution in [1.29, 1.82) is 0 Å². The average Bonchev–Trinajstić information content (AvgIpc) is 2.30. The minimum absolute atomic E-state index is 0.0442. The van der Waals surface area contributed by atoms with Gasteiger partial charge in [0.1, 0.15) is 5.02 Å². The lowest BCUT2D eigenvalue weighted by molar-refractivity contribution is -0.384. The van der Waals surface area contributed by atoms with Gasteiger partial charge in [-0.2, -0.15) is 0 Å². The molecule has 2 rings (SSSR count). The van der Waals surface area contributed by atoms with E-state index in [0.29, 0.717) is 5.92 Å². The molecule has 0 saturated carbocycles. The van der Waals surface area contributed by atoms with Gasteiger partial charge in [-0.1, -0.05) is 18.5 Å². The van der Waals surface area contributed by atoms with Crippen molar-refractivity contribution in [2.75, 3.05) is 18.0 Å². The van der Waals surface area contributed by atoms with Crippen molar-refractivity contribution in [3.05, 3.63) is 32.8 Å². The molecule has 2 N–H and O–H groups in total. The Labute approximate surface area is 117 Å². The highest BCUT2D eigenvalue weighted by Gasteiger charge is 2.25. The fourth-order valence-electron chi connectivity index (χ4n) is 2.73. The van der Waals surface area contributed by atoms with Crippen LogP contribution < -0.4 is 10.6 Å². The van der Waals surface area contributed by atoms with Crippen LogP contribution in [0.4, 0.5) is 11.4 Å². The maximum Gasteiger partial charge on any atom is 0.288 e. The smallest absolute Gasteiger partial charge is 0.288 e. The van der Waals surface area contributed by atoms with Gasteiger partial charge in [0.15, 0.2) is 0 Å². The molecule has 1 aromatic carbocycles. The number of hydrogen-bond donors (Lipinski definition) is 1. The molecule has 2 atom stereocenters. The summed E-state index contributed by atoms with van der Waals surface area (Å²) in [5, 5.41) is 11.0. The van der Waals surface area contributed by atoms with Crippen LogP contribution >= 0.6 is 11.6 Å². The largest absolute Gasteiger partial charge is 0.369 e. The predicted octanol–water partition coefficient (Wildman–Crippen LogP) is 2.73. The highest BCUT2D eigenvalue weighted by molar-refractivity contribution is 6.33. The summed E-state index contributed by atoms with van der Waals surface area (Å²) in [5.74, 6) is 0.511. The van der Waals surface area contributed by atoms with Crippen molar-refractivity contribution in [1.82, 2.24) is 0 Å². The van der Waals surface area contributed by atoms with Crippen LogP contribution in [0.25, 0.3) is 0 Å². The van der Waals surface area contributed by atoms with Gasteiger partial charge in [-0.15, -0.1) is 0 Å². The van der Waals surface area contributed by atoms with Crippen molar-refractivity contribution in [2.45, 2.75) is 26.3 Å². The number of nitrogens with zero attached hydrogens (tertiary/aromatic N) is 2. The summed E-state index contributed by atoms with van der Waals surface area (Å²) in [7, 11) is 0. The lowest BCUT2D eigenvalue weighted by Gasteiger charge is -2.37. The number of nitrogens with two attached hydrogens (primary N) is 1. The van der Waals surface area contributed by atoms with Crippen molar-refractivity contribution < 1.29 is 4.92 Å². The Bertz CT molecular complexity index is 497. The van der Waals surface area contributed by atoms with Gasteiger partial charge in [-0.3, -0.25) is 10.1 Å². The number of halogens is 1. The molecule has 0 aromatic heterocycles. The van der Waals surface area contributed by atoms with E-state index in [9.17, 15) is 10.1 Å². The quantitative estimate of drug-likeness (QED) is 0.669. The summed E-state index contributed by atoms with van der Waals surface area (Å²) in [4.78, 5) is 12.6. The van der Waals surface area contributed by atoms with Crippen LogP contribution in [0, 0.1) is 23.0 Å². The standard InChI is InChI=1S/C13H18ClN3O2/c1-8-3-10(15)7-16(6-8)12-5-11(14)13(17(18)19)4-9(12)2/h4-5,8,10H,3,6-7,15H2,1-2H3. The van der Waals surface area contributed by atoms with E-state index < -0.39 is 4.92 Å². The number of anilines is 1. The lowest BCUT2D eigenvalue weighted by atomic mass is 9.95. The second-order valence-corrected chi connectivity index (χ2v) is 5.76. The number of aryl methyl sites for hydroxylation is 1. The number of rotatable bonds is 2. The van der Waals surface area contributed by atoms with Crippen LogP contribution in [0.2, 0.25) is 5.02 Å². The summed E-state index contributed by atoms with van der Waals surface area (Å²) in [6.07, 6.45) is 1.01. The number of hydrogen-bond acceptors (Lipinski definition) is 4. The SMILES string of the molecule is Cc1cc([N+](=O)[O-])c(Cl)cc1N1CC(C)CC(N)C1. The van der Waals surface area contributed by atoms with Crippen LogP contribution in [-0.4, -0.2) is 24.1 Å². The molecule has 5 nitrogen and oxygen atoms in total. The summed E-state index contributed by atoms with van der Waals surface area (Å²) < 4.78 is 0. The first kappa shape index (κ1) is 14.1. The summed E-state index contributed by atoms with van der Waals surface area (Å²) in [5.41, 5.74) is 7.79. The molecule has 19 heavy (non-hydrogen) atoms. The Hall–Kier alpha value is -1.33. The molecule has 1 aliphatic rings. The van der Waals surface area contributed by atoms with Crippen LogP contribution in [0.3, 0.4) is 0 Å². The molecule has 1 aliphatic heterocycles. The summed E-state index contributed by atoms with van der Waals surface area (Å²) in [6.45, 7) is 5.69. The molecule has 0 bridgehead atoms. The van der Waals surface area contributed by atoms with Crippen LogP contribution in [0.1, 0.15) is 18.9 Å². The van der Waals surface area contributed by atoms with Crippen LogP contribution in [0.15, 0.2) is 12.1 Å². The molecule has 0 aliphatic carbocycles. The van der Waals surface area contributed by atoms with Gasteiger partial charge >= 0.3 is 0 Å². The molecule has 0 spiro atoms. The van der Waals surface area contributed by atoms with E-state index in [1.54, 1.807) is 6.07 Å². The van der Waals surface area contributed by atoms with Crippen molar-refractivity contribution in [3.63, 3.8) is 0 Å². The lowest BCUT2D eigenvalue weighted by Crippen LogP contribution is -2.46. The normalized spacial score (nSPS) is 23.5.